The first-order chi connectivity index (χ1) is 15.4. The van der Waals surface area contributed by atoms with E-state index in [2.05, 4.69) is 11.1 Å². The number of rotatable bonds is 4. The SMILES string of the molecule is COc1ccc(C2=C[C@@H]3C[C@H]2N(C(=O)Cn2c(=O)[nH]c4ccc(F)c(F)c4c2=O)C3)cc1. The fourth-order valence-electron chi connectivity index (χ4n) is 4.64. The summed E-state index contributed by atoms with van der Waals surface area (Å²) >= 11 is 0. The van der Waals surface area contributed by atoms with E-state index in [-0.39, 0.29) is 17.5 Å². The summed E-state index contributed by atoms with van der Waals surface area (Å²) in [4.78, 5) is 42.2. The zero-order valence-corrected chi connectivity index (χ0v) is 17.1. The van der Waals surface area contributed by atoms with E-state index < -0.39 is 40.7 Å². The van der Waals surface area contributed by atoms with Gasteiger partial charge in [-0.3, -0.25) is 14.2 Å². The Morgan fingerprint density at radius 3 is 2.59 bits per heavy atom. The van der Waals surface area contributed by atoms with E-state index in [0.29, 0.717) is 11.1 Å². The molecule has 1 aliphatic carbocycles. The highest BCUT2D eigenvalue weighted by Crippen LogP contribution is 2.42. The van der Waals surface area contributed by atoms with Crippen LogP contribution >= 0.6 is 0 Å². The number of hydrogen-bond acceptors (Lipinski definition) is 4. The quantitative estimate of drug-likeness (QED) is 0.676. The smallest absolute Gasteiger partial charge is 0.329 e. The Morgan fingerprint density at radius 1 is 1.16 bits per heavy atom. The molecule has 1 amide bonds. The van der Waals surface area contributed by atoms with Crippen LogP contribution in [0.15, 0.2) is 52.1 Å². The number of fused-ring (bicyclic) bond motifs is 3. The summed E-state index contributed by atoms with van der Waals surface area (Å²) < 4.78 is 33.6. The van der Waals surface area contributed by atoms with Gasteiger partial charge in [0, 0.05) is 6.54 Å². The number of nitrogens with zero attached hydrogens (tertiary/aromatic N) is 2. The first-order valence-corrected chi connectivity index (χ1v) is 10.1. The Balaban J connectivity index is 1.44. The van der Waals surface area contributed by atoms with Gasteiger partial charge in [0.1, 0.15) is 17.7 Å². The zero-order chi connectivity index (χ0) is 22.6. The van der Waals surface area contributed by atoms with Crippen molar-refractivity contribution in [3.05, 3.63) is 80.5 Å². The summed E-state index contributed by atoms with van der Waals surface area (Å²) in [7, 11) is 1.59. The molecule has 164 valence electrons. The summed E-state index contributed by atoms with van der Waals surface area (Å²) in [6, 6.07) is 9.30. The number of nitrogens with one attached hydrogen (secondary N) is 1. The van der Waals surface area contributed by atoms with Crippen LogP contribution in [-0.4, -0.2) is 40.1 Å². The Kier molecular flexibility index (Phi) is 4.69. The minimum absolute atomic E-state index is 0.118. The minimum Gasteiger partial charge on any atom is -0.497 e. The van der Waals surface area contributed by atoms with Crippen molar-refractivity contribution < 1.29 is 18.3 Å². The molecule has 0 radical (unpaired) electrons. The van der Waals surface area contributed by atoms with Gasteiger partial charge in [0.25, 0.3) is 5.56 Å². The molecule has 7 nitrogen and oxygen atoms in total. The monoisotopic (exact) mass is 439 g/mol. The van der Waals surface area contributed by atoms with Crippen LogP contribution in [0.25, 0.3) is 16.5 Å². The number of H-pyrrole nitrogens is 1. The third-order valence-electron chi connectivity index (χ3n) is 6.19. The predicted molar refractivity (Wildman–Crippen MR) is 113 cm³/mol. The summed E-state index contributed by atoms with van der Waals surface area (Å²) in [6.45, 7) is -0.0778. The highest BCUT2D eigenvalue weighted by atomic mass is 19.2. The van der Waals surface area contributed by atoms with Crippen LogP contribution in [0.1, 0.15) is 12.0 Å². The number of carbonyl (C=O) groups is 1. The molecule has 2 aliphatic rings. The van der Waals surface area contributed by atoms with Crippen LogP contribution < -0.4 is 16.0 Å². The average Bonchev–Trinajstić information content (AvgIpc) is 3.40. The van der Waals surface area contributed by atoms with Crippen molar-refractivity contribution in [1.82, 2.24) is 14.5 Å². The van der Waals surface area contributed by atoms with Crippen LogP contribution in [0.5, 0.6) is 5.75 Å². The van der Waals surface area contributed by atoms with Crippen LogP contribution in [-0.2, 0) is 11.3 Å². The van der Waals surface area contributed by atoms with E-state index in [1.165, 1.54) is 0 Å². The number of benzene rings is 2. The minimum atomic E-state index is -1.35. The molecular weight excluding hydrogens is 420 g/mol. The molecule has 32 heavy (non-hydrogen) atoms. The van der Waals surface area contributed by atoms with Gasteiger partial charge in [-0.15, -0.1) is 0 Å². The number of aromatic nitrogens is 2. The van der Waals surface area contributed by atoms with Gasteiger partial charge in [0.2, 0.25) is 5.91 Å². The normalized spacial score (nSPS) is 19.5. The molecule has 9 heteroatoms. The van der Waals surface area contributed by atoms with E-state index in [9.17, 15) is 23.2 Å². The van der Waals surface area contributed by atoms with Crippen LogP contribution in [0.4, 0.5) is 8.78 Å². The number of ether oxygens (including phenoxy) is 1. The van der Waals surface area contributed by atoms with E-state index in [4.69, 9.17) is 4.74 Å². The molecule has 2 heterocycles. The van der Waals surface area contributed by atoms with Crippen LogP contribution in [0.3, 0.4) is 0 Å². The van der Waals surface area contributed by atoms with Gasteiger partial charge < -0.3 is 14.6 Å². The van der Waals surface area contributed by atoms with Gasteiger partial charge in [-0.2, -0.15) is 0 Å². The van der Waals surface area contributed by atoms with Crippen molar-refractivity contribution in [2.24, 2.45) is 5.92 Å². The number of hydrogen-bond donors (Lipinski definition) is 1. The molecule has 2 atom stereocenters. The second-order valence-corrected chi connectivity index (χ2v) is 8.01. The van der Waals surface area contributed by atoms with E-state index in [0.717, 1.165) is 35.4 Å². The summed E-state index contributed by atoms with van der Waals surface area (Å²) in [5, 5.41) is -0.584. The highest BCUT2D eigenvalue weighted by Gasteiger charge is 2.42. The molecule has 1 N–H and O–H groups in total. The van der Waals surface area contributed by atoms with Gasteiger partial charge in [0.05, 0.1) is 18.7 Å². The molecule has 2 aromatic carbocycles. The average molecular weight is 439 g/mol. The largest absolute Gasteiger partial charge is 0.497 e. The van der Waals surface area contributed by atoms with Gasteiger partial charge >= 0.3 is 5.69 Å². The lowest BCUT2D eigenvalue weighted by Gasteiger charge is -2.29. The Labute approximate surface area is 180 Å². The number of methoxy groups -OCH3 is 1. The molecule has 0 unspecified atom stereocenters. The summed E-state index contributed by atoms with van der Waals surface area (Å²) in [5.74, 6) is -2.08. The van der Waals surface area contributed by atoms with Gasteiger partial charge in [-0.25, -0.2) is 13.6 Å². The molecule has 5 rings (SSSR count). The summed E-state index contributed by atoms with van der Waals surface area (Å²) in [6.07, 6.45) is 2.90. The topological polar surface area (TPSA) is 84.4 Å². The second kappa shape index (κ2) is 7.44. The molecular formula is C23H19F2N3O4. The summed E-state index contributed by atoms with van der Waals surface area (Å²) in [5.41, 5.74) is -0.0340. The number of carbonyl (C=O) groups excluding carboxylic acids is 1. The highest BCUT2D eigenvalue weighted by molar-refractivity contribution is 5.84. The maximum Gasteiger partial charge on any atom is 0.329 e. The fourth-order valence-corrected chi connectivity index (χ4v) is 4.64. The molecule has 1 aliphatic heterocycles. The van der Waals surface area contributed by atoms with E-state index in [1.807, 2.05) is 24.3 Å². The number of aromatic amines is 1. The first kappa shape index (κ1) is 20.2. The lowest BCUT2D eigenvalue weighted by atomic mass is 10.00. The van der Waals surface area contributed by atoms with E-state index >= 15 is 0 Å². The molecule has 3 aromatic rings. The third kappa shape index (κ3) is 3.12. The van der Waals surface area contributed by atoms with Crippen molar-refractivity contribution in [2.45, 2.75) is 19.0 Å². The van der Waals surface area contributed by atoms with Crippen LogP contribution in [0, 0.1) is 17.6 Å². The van der Waals surface area contributed by atoms with Gasteiger partial charge in [-0.1, -0.05) is 18.2 Å². The Morgan fingerprint density at radius 2 is 1.91 bits per heavy atom. The lowest BCUT2D eigenvalue weighted by Crippen LogP contribution is -2.45. The number of likely N-dealkylation sites (tertiary alicyclic amines) is 1. The first-order valence-electron chi connectivity index (χ1n) is 10.1. The van der Waals surface area contributed by atoms with Crippen molar-refractivity contribution in [1.29, 1.82) is 0 Å². The Hall–Kier alpha value is -3.75. The van der Waals surface area contributed by atoms with Crippen molar-refractivity contribution in [2.75, 3.05) is 13.7 Å². The Bertz CT molecular complexity index is 1390. The van der Waals surface area contributed by atoms with Gasteiger partial charge in [-0.05, 0) is 47.7 Å². The zero-order valence-electron chi connectivity index (χ0n) is 17.1. The van der Waals surface area contributed by atoms with Crippen molar-refractivity contribution in [3.63, 3.8) is 0 Å². The lowest BCUT2D eigenvalue weighted by molar-refractivity contribution is -0.132. The predicted octanol–water partition coefficient (Wildman–Crippen LogP) is 2.29. The van der Waals surface area contributed by atoms with E-state index in [1.54, 1.807) is 12.0 Å². The molecule has 0 saturated carbocycles. The number of halogens is 2. The van der Waals surface area contributed by atoms with Crippen LogP contribution in [0.2, 0.25) is 0 Å². The molecule has 0 spiro atoms. The number of amides is 1. The fraction of sp³-hybridized carbons (Fsp3) is 0.261. The van der Waals surface area contributed by atoms with Crippen molar-refractivity contribution >= 4 is 22.4 Å². The molecule has 2 bridgehead atoms. The van der Waals surface area contributed by atoms with Crippen molar-refractivity contribution in [3.8, 4) is 5.75 Å². The molecule has 1 aromatic heterocycles. The maximum atomic E-state index is 14.2. The standard InChI is InChI=1S/C23H19F2N3O4/c1-32-14-4-2-13(3-5-14)15-8-12-9-18(15)27(10-12)19(29)11-28-22(30)20-17(26-23(28)31)7-6-16(24)21(20)25/h2-8,12,18H,9-11H2,1H3,(H,26,31)/t12-,18-/m1/s1. The maximum absolute atomic E-state index is 14.2. The third-order valence-corrected chi connectivity index (χ3v) is 6.19. The second-order valence-electron chi connectivity index (χ2n) is 8.01. The molecule has 1 fully saturated rings. The molecule has 1 saturated heterocycles. The van der Waals surface area contributed by atoms with Gasteiger partial charge in [0.15, 0.2) is 11.6 Å².